The highest BCUT2D eigenvalue weighted by Crippen LogP contribution is 2.36. The Balaban J connectivity index is 1.84. The van der Waals surface area contributed by atoms with E-state index in [1.54, 1.807) is 4.90 Å². The largest absolute Gasteiger partial charge is 0.363 e. The predicted octanol–water partition coefficient (Wildman–Crippen LogP) is 2.94. The quantitative estimate of drug-likeness (QED) is 0.814. The number of aromatic amines is 1. The van der Waals surface area contributed by atoms with Crippen molar-refractivity contribution in [1.29, 1.82) is 0 Å². The molecule has 5 nitrogen and oxygen atoms in total. The van der Waals surface area contributed by atoms with Gasteiger partial charge in [-0.25, -0.2) is 0 Å². The van der Waals surface area contributed by atoms with Crippen LogP contribution < -0.4 is 5.32 Å². The van der Waals surface area contributed by atoms with Crippen LogP contribution in [0.1, 0.15) is 37.1 Å². The first-order valence-electron chi connectivity index (χ1n) is 8.98. The zero-order valence-corrected chi connectivity index (χ0v) is 15.1. The van der Waals surface area contributed by atoms with E-state index in [0.29, 0.717) is 25.9 Å². The third kappa shape index (κ3) is 3.43. The van der Waals surface area contributed by atoms with Gasteiger partial charge in [0.25, 0.3) is 0 Å². The highest BCUT2D eigenvalue weighted by Gasteiger charge is 2.43. The second-order valence-corrected chi connectivity index (χ2v) is 6.80. The van der Waals surface area contributed by atoms with Crippen LogP contribution in [-0.4, -0.2) is 34.8 Å². The minimum absolute atomic E-state index is 0.0107. The lowest BCUT2D eigenvalue weighted by Gasteiger charge is -2.41. The van der Waals surface area contributed by atoms with Crippen molar-refractivity contribution in [3.63, 3.8) is 0 Å². The first kappa shape index (κ1) is 18.0. The van der Waals surface area contributed by atoms with Gasteiger partial charge in [-0.05, 0) is 43.5 Å². The normalized spacial score (nSPS) is 17.3. The molecule has 0 saturated carbocycles. The lowest BCUT2D eigenvalue weighted by Crippen LogP contribution is -2.53. The van der Waals surface area contributed by atoms with Crippen LogP contribution in [0.2, 0.25) is 0 Å². The van der Waals surface area contributed by atoms with E-state index < -0.39 is 5.41 Å². The van der Waals surface area contributed by atoms with Gasteiger partial charge in [0.05, 0.1) is 11.5 Å². The highest BCUT2D eigenvalue weighted by molar-refractivity contribution is 5.90. The predicted molar refractivity (Wildman–Crippen MR) is 101 cm³/mol. The summed E-state index contributed by atoms with van der Waals surface area (Å²) in [7, 11) is 0. The summed E-state index contributed by atoms with van der Waals surface area (Å²) in [4.78, 5) is 30.2. The van der Waals surface area contributed by atoms with Gasteiger partial charge in [0.1, 0.15) is 0 Å². The Labute approximate surface area is 154 Å². The van der Waals surface area contributed by atoms with Crippen molar-refractivity contribution in [3.8, 4) is 0 Å². The van der Waals surface area contributed by atoms with E-state index in [4.69, 9.17) is 0 Å². The summed E-state index contributed by atoms with van der Waals surface area (Å²) < 4.78 is 0. The second kappa shape index (κ2) is 7.60. The number of hydrogen-bond acceptors (Lipinski definition) is 2. The van der Waals surface area contributed by atoms with Crippen LogP contribution in [0.5, 0.6) is 0 Å². The number of aromatic nitrogens is 1. The molecule has 2 N–H and O–H groups in total. The molecular weight excluding hydrogens is 326 g/mol. The zero-order chi connectivity index (χ0) is 18.6. The molecule has 3 rings (SSSR count). The lowest BCUT2D eigenvalue weighted by atomic mass is 9.71. The SMILES string of the molecule is C=CC(=O)N1CCC(C(=O)NC(C)c2ccc[nH]2)(c2ccccc2)CC1. The standard InChI is InChI=1S/C21H25N3O2/c1-3-19(25)24-14-11-21(12-15-24,17-8-5-4-6-9-17)20(26)23-16(2)18-10-7-13-22-18/h3-10,13,16,22H,1,11-12,14-15H2,2H3,(H,23,26). The fourth-order valence-electron chi connectivity index (χ4n) is 3.67. The van der Waals surface area contributed by atoms with E-state index in [9.17, 15) is 9.59 Å². The second-order valence-electron chi connectivity index (χ2n) is 6.80. The number of rotatable bonds is 5. The van der Waals surface area contributed by atoms with Gasteiger partial charge < -0.3 is 15.2 Å². The van der Waals surface area contributed by atoms with Gasteiger partial charge >= 0.3 is 0 Å². The summed E-state index contributed by atoms with van der Waals surface area (Å²) in [5.74, 6) is -0.0664. The van der Waals surface area contributed by atoms with Crippen LogP contribution in [0.3, 0.4) is 0 Å². The molecule has 0 aliphatic carbocycles. The van der Waals surface area contributed by atoms with Crippen molar-refractivity contribution < 1.29 is 9.59 Å². The van der Waals surface area contributed by atoms with Crippen LogP contribution in [0.25, 0.3) is 0 Å². The van der Waals surface area contributed by atoms with E-state index in [1.165, 1.54) is 6.08 Å². The summed E-state index contributed by atoms with van der Waals surface area (Å²) in [6.45, 7) is 6.62. The zero-order valence-electron chi connectivity index (χ0n) is 15.1. The number of carbonyl (C=O) groups excluding carboxylic acids is 2. The van der Waals surface area contributed by atoms with Crippen molar-refractivity contribution in [2.24, 2.45) is 0 Å². The first-order chi connectivity index (χ1) is 12.6. The van der Waals surface area contributed by atoms with Crippen LogP contribution >= 0.6 is 0 Å². The lowest BCUT2D eigenvalue weighted by molar-refractivity contribution is -0.134. The van der Waals surface area contributed by atoms with Crippen molar-refractivity contribution in [2.45, 2.75) is 31.2 Å². The Kier molecular flexibility index (Phi) is 5.26. The minimum Gasteiger partial charge on any atom is -0.363 e. The summed E-state index contributed by atoms with van der Waals surface area (Å²) >= 11 is 0. The van der Waals surface area contributed by atoms with Gasteiger partial charge in [0, 0.05) is 25.0 Å². The number of nitrogens with one attached hydrogen (secondary N) is 2. The number of nitrogens with zero attached hydrogens (tertiary/aromatic N) is 1. The number of H-pyrrole nitrogens is 1. The first-order valence-corrected chi connectivity index (χ1v) is 8.98. The van der Waals surface area contributed by atoms with Gasteiger partial charge in [-0.1, -0.05) is 36.9 Å². The van der Waals surface area contributed by atoms with E-state index in [1.807, 2.05) is 55.6 Å². The summed E-state index contributed by atoms with van der Waals surface area (Å²) in [6, 6.07) is 13.7. The maximum absolute atomic E-state index is 13.3. The number of piperidine rings is 1. The smallest absolute Gasteiger partial charge is 0.245 e. The summed E-state index contributed by atoms with van der Waals surface area (Å²) in [5.41, 5.74) is 1.35. The number of likely N-dealkylation sites (tertiary alicyclic amines) is 1. The Morgan fingerprint density at radius 2 is 1.88 bits per heavy atom. The van der Waals surface area contributed by atoms with Crippen LogP contribution in [-0.2, 0) is 15.0 Å². The van der Waals surface area contributed by atoms with Crippen LogP contribution in [0, 0.1) is 0 Å². The van der Waals surface area contributed by atoms with Crippen LogP contribution in [0.15, 0.2) is 61.3 Å². The fraction of sp³-hybridized carbons (Fsp3) is 0.333. The van der Waals surface area contributed by atoms with Crippen molar-refractivity contribution in [3.05, 3.63) is 72.6 Å². The average molecular weight is 351 g/mol. The van der Waals surface area contributed by atoms with Crippen molar-refractivity contribution in [2.75, 3.05) is 13.1 Å². The summed E-state index contributed by atoms with van der Waals surface area (Å²) in [5, 5.41) is 3.16. The Morgan fingerprint density at radius 3 is 2.46 bits per heavy atom. The molecule has 0 bridgehead atoms. The van der Waals surface area contributed by atoms with Gasteiger partial charge in [0.15, 0.2) is 0 Å². The molecule has 1 aliphatic rings. The van der Waals surface area contributed by atoms with Crippen molar-refractivity contribution >= 4 is 11.8 Å². The number of amides is 2. The topological polar surface area (TPSA) is 65.2 Å². The molecule has 1 aromatic carbocycles. The molecule has 1 atom stereocenters. The van der Waals surface area contributed by atoms with E-state index >= 15 is 0 Å². The van der Waals surface area contributed by atoms with Crippen LogP contribution in [0.4, 0.5) is 0 Å². The number of carbonyl (C=O) groups is 2. The molecule has 0 spiro atoms. The monoisotopic (exact) mass is 351 g/mol. The minimum atomic E-state index is -0.625. The Hall–Kier alpha value is -2.82. The molecule has 136 valence electrons. The third-order valence-electron chi connectivity index (χ3n) is 5.30. The maximum atomic E-state index is 13.3. The summed E-state index contributed by atoms with van der Waals surface area (Å²) in [6.07, 6.45) is 4.38. The van der Waals surface area contributed by atoms with E-state index in [2.05, 4.69) is 16.9 Å². The Bertz CT molecular complexity index is 760. The molecule has 0 radical (unpaired) electrons. The van der Waals surface area contributed by atoms with Gasteiger partial charge in [0.2, 0.25) is 11.8 Å². The number of hydrogen-bond donors (Lipinski definition) is 2. The maximum Gasteiger partial charge on any atom is 0.245 e. The molecule has 2 heterocycles. The molecule has 1 fully saturated rings. The van der Waals surface area contributed by atoms with E-state index in [-0.39, 0.29) is 17.9 Å². The van der Waals surface area contributed by atoms with Crippen molar-refractivity contribution in [1.82, 2.24) is 15.2 Å². The molecule has 26 heavy (non-hydrogen) atoms. The molecule has 2 aromatic rings. The van der Waals surface area contributed by atoms with Gasteiger partial charge in [-0.2, -0.15) is 0 Å². The molecule has 1 unspecified atom stereocenters. The third-order valence-corrected chi connectivity index (χ3v) is 5.30. The highest BCUT2D eigenvalue weighted by atomic mass is 16.2. The molecule has 2 amide bonds. The molecule has 1 aromatic heterocycles. The fourth-order valence-corrected chi connectivity index (χ4v) is 3.67. The average Bonchev–Trinajstić information content (AvgIpc) is 3.23. The molecule has 1 aliphatic heterocycles. The molecule has 1 saturated heterocycles. The molecule has 5 heteroatoms. The number of benzene rings is 1. The Morgan fingerprint density at radius 1 is 1.19 bits per heavy atom. The van der Waals surface area contributed by atoms with Gasteiger partial charge in [-0.3, -0.25) is 9.59 Å². The van der Waals surface area contributed by atoms with E-state index in [0.717, 1.165) is 11.3 Å². The molecular formula is C21H25N3O2. The van der Waals surface area contributed by atoms with Gasteiger partial charge in [-0.15, -0.1) is 0 Å².